The number of aromatic nitrogens is 3. The molecule has 0 atom stereocenters. The Labute approximate surface area is 161 Å². The van der Waals surface area contributed by atoms with E-state index >= 15 is 0 Å². The minimum Gasteiger partial charge on any atom is -0.549 e. The lowest BCUT2D eigenvalue weighted by atomic mass is 10.0. The Kier molecular flexibility index (Phi) is 5.46. The molecular weight excluding hydrogens is 364 g/mol. The van der Waals surface area contributed by atoms with Gasteiger partial charge in [0.1, 0.15) is 5.76 Å². The standard InChI is InChI=1S/C19H20N4O3S/c1-11-7-13(3)15(8-12(11)2)9-20-23-18(16-5-6-26-14(16)4)21-22-19(23)27-10-17(24)25/h5-9H,10H2,1-4H3,(H,24,25)/p-1/b20-9-. The average molecular weight is 383 g/mol. The number of carboxylic acids is 1. The summed E-state index contributed by atoms with van der Waals surface area (Å²) in [6.07, 6.45) is 3.29. The van der Waals surface area contributed by atoms with Crippen molar-refractivity contribution < 1.29 is 14.3 Å². The number of thioether (sulfide) groups is 1. The van der Waals surface area contributed by atoms with E-state index in [2.05, 4.69) is 34.4 Å². The molecule has 0 aliphatic heterocycles. The predicted molar refractivity (Wildman–Crippen MR) is 102 cm³/mol. The second kappa shape index (κ2) is 7.79. The number of carbonyl (C=O) groups is 1. The molecule has 0 N–H and O–H groups in total. The highest BCUT2D eigenvalue weighted by Gasteiger charge is 2.17. The van der Waals surface area contributed by atoms with Gasteiger partial charge in [0, 0.05) is 5.75 Å². The van der Waals surface area contributed by atoms with E-state index in [1.54, 1.807) is 18.5 Å². The third-order valence-corrected chi connectivity index (χ3v) is 5.12. The maximum atomic E-state index is 10.8. The van der Waals surface area contributed by atoms with Crippen LogP contribution in [0.3, 0.4) is 0 Å². The summed E-state index contributed by atoms with van der Waals surface area (Å²) in [5.41, 5.74) is 5.20. The Bertz CT molecular complexity index is 1020. The molecule has 0 saturated carbocycles. The normalized spacial score (nSPS) is 11.4. The average Bonchev–Trinajstić information content (AvgIpc) is 3.20. The second-order valence-corrected chi connectivity index (χ2v) is 7.15. The van der Waals surface area contributed by atoms with Crippen LogP contribution in [0.15, 0.2) is 39.1 Å². The highest BCUT2D eigenvalue weighted by molar-refractivity contribution is 7.99. The molecule has 3 aromatic rings. The van der Waals surface area contributed by atoms with Gasteiger partial charge in [-0.1, -0.05) is 17.8 Å². The molecule has 2 aromatic heterocycles. The largest absolute Gasteiger partial charge is 0.549 e. The molecule has 8 heteroatoms. The number of furan rings is 1. The predicted octanol–water partition coefficient (Wildman–Crippen LogP) is 2.50. The van der Waals surface area contributed by atoms with Gasteiger partial charge in [-0.15, -0.1) is 10.2 Å². The van der Waals surface area contributed by atoms with Crippen molar-refractivity contribution >= 4 is 23.9 Å². The molecule has 0 aliphatic rings. The fraction of sp³-hybridized carbons (Fsp3) is 0.263. The maximum Gasteiger partial charge on any atom is 0.212 e. The molecule has 140 valence electrons. The zero-order valence-corrected chi connectivity index (χ0v) is 16.3. The van der Waals surface area contributed by atoms with Gasteiger partial charge in [-0.05, 0) is 62.1 Å². The van der Waals surface area contributed by atoms with Crippen LogP contribution < -0.4 is 5.11 Å². The fourth-order valence-corrected chi connectivity index (χ4v) is 3.21. The van der Waals surface area contributed by atoms with Crippen LogP contribution in [-0.2, 0) is 4.79 Å². The number of hydrogen-bond donors (Lipinski definition) is 0. The third-order valence-electron chi connectivity index (χ3n) is 4.23. The Morgan fingerprint density at radius 2 is 1.96 bits per heavy atom. The van der Waals surface area contributed by atoms with Crippen LogP contribution in [0, 0.1) is 27.7 Å². The van der Waals surface area contributed by atoms with Crippen LogP contribution in [0.25, 0.3) is 11.4 Å². The fourth-order valence-electron chi connectivity index (χ4n) is 2.61. The number of nitrogens with zero attached hydrogens (tertiary/aromatic N) is 4. The van der Waals surface area contributed by atoms with Crippen LogP contribution in [0.4, 0.5) is 0 Å². The molecule has 2 heterocycles. The van der Waals surface area contributed by atoms with Crippen LogP contribution >= 0.6 is 11.8 Å². The molecule has 0 unspecified atom stereocenters. The van der Waals surface area contributed by atoms with Gasteiger partial charge in [0.2, 0.25) is 5.16 Å². The molecule has 27 heavy (non-hydrogen) atoms. The topological polar surface area (TPSA) is 96.3 Å². The third kappa shape index (κ3) is 4.11. The monoisotopic (exact) mass is 383 g/mol. The van der Waals surface area contributed by atoms with Gasteiger partial charge in [0.15, 0.2) is 5.82 Å². The quantitative estimate of drug-likeness (QED) is 0.479. The second-order valence-electron chi connectivity index (χ2n) is 6.21. The molecular formula is C19H19N4O3S-. The summed E-state index contributed by atoms with van der Waals surface area (Å²) in [4.78, 5) is 10.8. The van der Waals surface area contributed by atoms with Crippen molar-refractivity contribution in [1.82, 2.24) is 14.9 Å². The van der Waals surface area contributed by atoms with E-state index in [0.717, 1.165) is 28.5 Å². The van der Waals surface area contributed by atoms with Gasteiger partial charge in [0.25, 0.3) is 0 Å². The van der Waals surface area contributed by atoms with E-state index in [9.17, 15) is 9.90 Å². The van der Waals surface area contributed by atoms with E-state index in [0.29, 0.717) is 16.7 Å². The van der Waals surface area contributed by atoms with E-state index in [1.165, 1.54) is 15.8 Å². The zero-order valence-electron chi connectivity index (χ0n) is 15.5. The Balaban J connectivity index is 2.04. The molecule has 0 amide bonds. The van der Waals surface area contributed by atoms with Gasteiger partial charge in [-0.25, -0.2) is 0 Å². The van der Waals surface area contributed by atoms with Crippen molar-refractivity contribution in [3.8, 4) is 11.4 Å². The lowest BCUT2D eigenvalue weighted by Crippen LogP contribution is -2.24. The number of aliphatic carboxylic acids is 1. The summed E-state index contributed by atoms with van der Waals surface area (Å²) in [6, 6.07) is 5.95. The number of benzene rings is 1. The molecule has 1 aromatic carbocycles. The first-order valence-electron chi connectivity index (χ1n) is 8.31. The molecule has 0 saturated heterocycles. The van der Waals surface area contributed by atoms with Crippen LogP contribution in [-0.4, -0.2) is 32.8 Å². The SMILES string of the molecule is Cc1cc(C)c(/C=N\n2c(SCC(=O)[O-])nnc2-c2ccoc2C)cc1C. The summed E-state index contributed by atoms with van der Waals surface area (Å²) < 4.78 is 6.88. The lowest BCUT2D eigenvalue weighted by Gasteiger charge is -2.07. The molecule has 0 bridgehead atoms. The highest BCUT2D eigenvalue weighted by atomic mass is 32.2. The van der Waals surface area contributed by atoms with Gasteiger partial charge in [0.05, 0.1) is 24.0 Å². The molecule has 0 spiro atoms. The van der Waals surface area contributed by atoms with Crippen molar-refractivity contribution in [3.05, 3.63) is 52.5 Å². The summed E-state index contributed by atoms with van der Waals surface area (Å²) in [5, 5.41) is 24.0. The van der Waals surface area contributed by atoms with Gasteiger partial charge in [-0.3, -0.25) is 0 Å². The summed E-state index contributed by atoms with van der Waals surface area (Å²) in [7, 11) is 0. The van der Waals surface area contributed by atoms with Crippen molar-refractivity contribution in [2.75, 3.05) is 5.75 Å². The lowest BCUT2D eigenvalue weighted by molar-refractivity contribution is -0.301. The first-order valence-corrected chi connectivity index (χ1v) is 9.30. The van der Waals surface area contributed by atoms with Crippen molar-refractivity contribution in [2.24, 2.45) is 5.10 Å². The van der Waals surface area contributed by atoms with Crippen molar-refractivity contribution in [3.63, 3.8) is 0 Å². The number of aryl methyl sites for hydroxylation is 4. The smallest absolute Gasteiger partial charge is 0.212 e. The van der Waals surface area contributed by atoms with Gasteiger partial charge in [-0.2, -0.15) is 9.78 Å². The molecule has 0 aliphatic carbocycles. The van der Waals surface area contributed by atoms with E-state index < -0.39 is 5.97 Å². The minimum absolute atomic E-state index is 0.235. The Morgan fingerprint density at radius 3 is 2.63 bits per heavy atom. The highest BCUT2D eigenvalue weighted by Crippen LogP contribution is 2.27. The van der Waals surface area contributed by atoms with Crippen LogP contribution in [0.5, 0.6) is 0 Å². The summed E-state index contributed by atoms with van der Waals surface area (Å²) >= 11 is 1.01. The first kappa shape index (κ1) is 18.9. The molecule has 0 fully saturated rings. The number of carboxylic acid groups (broad SMARTS) is 1. The Morgan fingerprint density at radius 1 is 1.22 bits per heavy atom. The maximum absolute atomic E-state index is 10.8. The Hall–Kier alpha value is -2.87. The van der Waals surface area contributed by atoms with Crippen LogP contribution in [0.2, 0.25) is 0 Å². The number of rotatable bonds is 6. The van der Waals surface area contributed by atoms with E-state index in [4.69, 9.17) is 4.42 Å². The molecule has 0 radical (unpaired) electrons. The van der Waals surface area contributed by atoms with E-state index in [1.807, 2.05) is 20.8 Å². The van der Waals surface area contributed by atoms with Gasteiger partial charge < -0.3 is 14.3 Å². The van der Waals surface area contributed by atoms with Crippen molar-refractivity contribution in [2.45, 2.75) is 32.9 Å². The molecule has 3 rings (SSSR count). The van der Waals surface area contributed by atoms with Gasteiger partial charge >= 0.3 is 0 Å². The number of carbonyl (C=O) groups excluding carboxylic acids is 1. The number of hydrogen-bond acceptors (Lipinski definition) is 7. The first-order chi connectivity index (χ1) is 12.9. The van der Waals surface area contributed by atoms with Crippen molar-refractivity contribution in [1.29, 1.82) is 0 Å². The van der Waals surface area contributed by atoms with E-state index in [-0.39, 0.29) is 5.75 Å². The molecule has 7 nitrogen and oxygen atoms in total. The van der Waals surface area contributed by atoms with Crippen LogP contribution in [0.1, 0.15) is 28.0 Å². The zero-order chi connectivity index (χ0) is 19.6. The summed E-state index contributed by atoms with van der Waals surface area (Å²) in [6.45, 7) is 7.95. The minimum atomic E-state index is -1.18. The summed E-state index contributed by atoms with van der Waals surface area (Å²) in [5.74, 6) is -0.247.